The van der Waals surface area contributed by atoms with E-state index in [0.717, 1.165) is 47.9 Å². The third-order valence-corrected chi connectivity index (χ3v) is 6.88. The normalized spacial score (nSPS) is 19.5. The molecule has 1 heterocycles. The molecule has 6 heteroatoms. The van der Waals surface area contributed by atoms with E-state index in [1.165, 1.54) is 23.7 Å². The average Bonchev–Trinajstić information content (AvgIpc) is 3.12. The predicted octanol–water partition coefficient (Wildman–Crippen LogP) is 6.73. The van der Waals surface area contributed by atoms with E-state index in [9.17, 15) is 4.79 Å². The van der Waals surface area contributed by atoms with Crippen molar-refractivity contribution in [2.45, 2.75) is 58.9 Å². The van der Waals surface area contributed by atoms with Gasteiger partial charge in [-0.15, -0.1) is 0 Å². The molecule has 2 aromatic carbocycles. The molecule has 0 unspecified atom stereocenters. The molecule has 1 amide bonds. The molecule has 174 valence electrons. The maximum absolute atomic E-state index is 13.5. The fraction of sp³-hybridized carbons (Fsp3) is 0.407. The summed E-state index contributed by atoms with van der Waals surface area (Å²) < 4.78 is 11.4. The number of hydrogen-bond acceptors (Lipinski definition) is 5. The first-order chi connectivity index (χ1) is 16.1. The van der Waals surface area contributed by atoms with Crippen molar-refractivity contribution in [2.24, 2.45) is 4.99 Å². The Balaban J connectivity index is 1.67. The van der Waals surface area contributed by atoms with Gasteiger partial charge in [0, 0.05) is 6.04 Å². The van der Waals surface area contributed by atoms with Gasteiger partial charge in [-0.05, 0) is 81.3 Å². The molecule has 1 saturated heterocycles. The number of ether oxygens (including phenoxy) is 2. The number of aliphatic imine (C=N–C) groups is 1. The number of amidine groups is 1. The first kappa shape index (κ1) is 23.4. The molecule has 4 rings (SSSR count). The van der Waals surface area contributed by atoms with Gasteiger partial charge in [0.25, 0.3) is 5.91 Å². The van der Waals surface area contributed by atoms with Crippen LogP contribution >= 0.6 is 11.8 Å². The summed E-state index contributed by atoms with van der Waals surface area (Å²) in [5.41, 5.74) is 2.98. The van der Waals surface area contributed by atoms with E-state index in [0.29, 0.717) is 23.9 Å². The van der Waals surface area contributed by atoms with Crippen LogP contribution in [0.15, 0.2) is 52.4 Å². The lowest BCUT2D eigenvalue weighted by Crippen LogP contribution is -2.40. The zero-order valence-corrected chi connectivity index (χ0v) is 20.5. The number of benzene rings is 2. The standard InChI is InChI=1S/C27H32N2O3S/c1-4-31-23-16-13-20(17-24(23)32-5-2)18-25-26(30)29(22-9-7-6-8-10-22)27(33-25)28-21-14-11-19(3)12-15-21/h11-18,22H,4-10H2,1-3H3/b25-18+,28-27?. The third kappa shape index (κ3) is 5.61. The summed E-state index contributed by atoms with van der Waals surface area (Å²) in [5, 5.41) is 0.776. The zero-order valence-electron chi connectivity index (χ0n) is 19.7. The quantitative estimate of drug-likeness (QED) is 0.426. The van der Waals surface area contributed by atoms with E-state index in [2.05, 4.69) is 19.1 Å². The van der Waals surface area contributed by atoms with Crippen molar-refractivity contribution >= 4 is 34.6 Å². The Labute approximate surface area is 200 Å². The predicted molar refractivity (Wildman–Crippen MR) is 136 cm³/mol. The molecule has 0 aromatic heterocycles. The summed E-state index contributed by atoms with van der Waals surface area (Å²) in [4.78, 5) is 21.1. The van der Waals surface area contributed by atoms with Crippen LogP contribution in [0.2, 0.25) is 0 Å². The molecule has 0 spiro atoms. The number of hydrogen-bond donors (Lipinski definition) is 0. The summed E-state index contributed by atoms with van der Waals surface area (Å²) >= 11 is 1.46. The number of carbonyl (C=O) groups excluding carboxylic acids is 1. The Bertz CT molecular complexity index is 1040. The highest BCUT2D eigenvalue weighted by Gasteiger charge is 2.38. The fourth-order valence-electron chi connectivity index (χ4n) is 4.26. The minimum Gasteiger partial charge on any atom is -0.490 e. The second-order valence-corrected chi connectivity index (χ2v) is 9.39. The van der Waals surface area contributed by atoms with Crippen molar-refractivity contribution in [2.75, 3.05) is 13.2 Å². The highest BCUT2D eigenvalue weighted by Crippen LogP contribution is 2.39. The summed E-state index contributed by atoms with van der Waals surface area (Å²) in [5.74, 6) is 1.46. The van der Waals surface area contributed by atoms with Crippen LogP contribution in [0.4, 0.5) is 5.69 Å². The van der Waals surface area contributed by atoms with E-state index < -0.39 is 0 Å². The number of thioether (sulfide) groups is 1. The molecule has 5 nitrogen and oxygen atoms in total. The molecule has 0 radical (unpaired) electrons. The molecule has 1 aliphatic heterocycles. The smallest absolute Gasteiger partial charge is 0.267 e. The van der Waals surface area contributed by atoms with Crippen LogP contribution in [0.5, 0.6) is 11.5 Å². The molecular formula is C27H32N2O3S. The van der Waals surface area contributed by atoms with Gasteiger partial charge in [-0.1, -0.05) is 43.0 Å². The van der Waals surface area contributed by atoms with Gasteiger partial charge in [0.2, 0.25) is 0 Å². The van der Waals surface area contributed by atoms with Crippen molar-refractivity contribution in [3.63, 3.8) is 0 Å². The molecule has 33 heavy (non-hydrogen) atoms. The lowest BCUT2D eigenvalue weighted by molar-refractivity contribution is -0.124. The Kier molecular flexibility index (Phi) is 7.76. The van der Waals surface area contributed by atoms with E-state index in [4.69, 9.17) is 14.5 Å². The fourth-order valence-corrected chi connectivity index (χ4v) is 5.32. The van der Waals surface area contributed by atoms with E-state index in [1.807, 2.05) is 55.2 Å². The lowest BCUT2D eigenvalue weighted by atomic mass is 9.94. The number of aryl methyl sites for hydroxylation is 1. The van der Waals surface area contributed by atoms with Gasteiger partial charge >= 0.3 is 0 Å². The van der Waals surface area contributed by atoms with Gasteiger partial charge in [-0.25, -0.2) is 4.99 Å². The van der Waals surface area contributed by atoms with Gasteiger partial charge < -0.3 is 9.47 Å². The molecule has 0 bridgehead atoms. The minimum absolute atomic E-state index is 0.0459. The first-order valence-corrected chi connectivity index (χ1v) is 12.7. The van der Waals surface area contributed by atoms with Crippen LogP contribution < -0.4 is 9.47 Å². The van der Waals surface area contributed by atoms with Crippen molar-refractivity contribution in [3.05, 3.63) is 58.5 Å². The number of nitrogens with zero attached hydrogens (tertiary/aromatic N) is 2. The maximum Gasteiger partial charge on any atom is 0.267 e. The second kappa shape index (κ2) is 10.9. The maximum atomic E-state index is 13.5. The Morgan fingerprint density at radius 1 is 1.00 bits per heavy atom. The highest BCUT2D eigenvalue weighted by molar-refractivity contribution is 8.18. The highest BCUT2D eigenvalue weighted by atomic mass is 32.2. The molecular weight excluding hydrogens is 432 g/mol. The van der Waals surface area contributed by atoms with Crippen LogP contribution in [0.3, 0.4) is 0 Å². The molecule has 0 atom stereocenters. The SMILES string of the molecule is CCOc1ccc(/C=C2/SC(=Nc3ccc(C)cc3)N(C3CCCCC3)C2=O)cc1OCC. The summed E-state index contributed by atoms with van der Waals surface area (Å²) in [6.07, 6.45) is 7.57. The second-order valence-electron chi connectivity index (χ2n) is 8.38. The van der Waals surface area contributed by atoms with Gasteiger partial charge in [0.1, 0.15) is 0 Å². The molecule has 0 N–H and O–H groups in total. The average molecular weight is 465 g/mol. The van der Waals surface area contributed by atoms with Gasteiger partial charge in [0.15, 0.2) is 16.7 Å². The molecule has 1 aliphatic carbocycles. The topological polar surface area (TPSA) is 51.1 Å². The Hall–Kier alpha value is -2.73. The van der Waals surface area contributed by atoms with E-state index in [1.54, 1.807) is 0 Å². The van der Waals surface area contributed by atoms with Crippen LogP contribution in [0, 0.1) is 6.92 Å². The third-order valence-electron chi connectivity index (χ3n) is 5.90. The van der Waals surface area contributed by atoms with Crippen LogP contribution in [-0.4, -0.2) is 35.2 Å². The Morgan fingerprint density at radius 2 is 1.70 bits per heavy atom. The van der Waals surface area contributed by atoms with Gasteiger partial charge in [-0.3, -0.25) is 9.69 Å². The number of rotatable bonds is 7. The van der Waals surface area contributed by atoms with E-state index >= 15 is 0 Å². The van der Waals surface area contributed by atoms with Crippen LogP contribution in [0.25, 0.3) is 6.08 Å². The van der Waals surface area contributed by atoms with Crippen LogP contribution in [-0.2, 0) is 4.79 Å². The lowest BCUT2D eigenvalue weighted by Gasteiger charge is -2.30. The summed E-state index contributed by atoms with van der Waals surface area (Å²) in [6.45, 7) is 7.09. The minimum atomic E-state index is 0.0459. The monoisotopic (exact) mass is 464 g/mol. The van der Waals surface area contributed by atoms with Crippen molar-refractivity contribution < 1.29 is 14.3 Å². The first-order valence-electron chi connectivity index (χ1n) is 11.9. The summed E-state index contributed by atoms with van der Waals surface area (Å²) in [7, 11) is 0. The zero-order chi connectivity index (χ0) is 23.2. The van der Waals surface area contributed by atoms with Gasteiger partial charge in [-0.2, -0.15) is 0 Å². The van der Waals surface area contributed by atoms with E-state index in [-0.39, 0.29) is 11.9 Å². The number of carbonyl (C=O) groups is 1. The van der Waals surface area contributed by atoms with Crippen molar-refractivity contribution in [1.29, 1.82) is 0 Å². The number of amides is 1. The summed E-state index contributed by atoms with van der Waals surface area (Å²) in [6, 6.07) is 14.2. The molecule has 2 fully saturated rings. The molecule has 2 aromatic rings. The molecule has 1 saturated carbocycles. The molecule has 2 aliphatic rings. The van der Waals surface area contributed by atoms with Crippen LogP contribution in [0.1, 0.15) is 57.1 Å². The van der Waals surface area contributed by atoms with Gasteiger partial charge in [0.05, 0.1) is 23.8 Å². The largest absolute Gasteiger partial charge is 0.490 e. The van der Waals surface area contributed by atoms with Crippen molar-refractivity contribution in [3.8, 4) is 11.5 Å². The van der Waals surface area contributed by atoms with Crippen molar-refractivity contribution in [1.82, 2.24) is 4.90 Å². The Morgan fingerprint density at radius 3 is 2.39 bits per heavy atom.